The molecule has 0 bridgehead atoms. The van der Waals surface area contributed by atoms with Crippen molar-refractivity contribution in [2.45, 2.75) is 0 Å². The number of hydrogen-bond donors (Lipinski definition) is 0. The molecule has 2 aromatic heterocycles. The standard InChI is InChI=1S/C42H27NO2/c1-2-10-28(11-3-1)29-20-24-31(25-21-29)43(36-15-9-19-40-42(36)35-13-5-7-17-38(35)45-40)32-26-22-30(23-27-32)33-14-8-18-39-41(33)34-12-4-6-16-37(34)44-39/h1-27H. The van der Waals surface area contributed by atoms with Crippen LogP contribution in [0, 0.1) is 0 Å². The molecule has 0 aliphatic rings. The monoisotopic (exact) mass is 577 g/mol. The third-order valence-electron chi connectivity index (χ3n) is 8.69. The Hall–Kier alpha value is -6.06. The van der Waals surface area contributed by atoms with E-state index in [0.717, 1.165) is 72.1 Å². The maximum Gasteiger partial charge on any atom is 0.137 e. The normalized spacial score (nSPS) is 11.6. The zero-order valence-electron chi connectivity index (χ0n) is 24.4. The summed E-state index contributed by atoms with van der Waals surface area (Å²) < 4.78 is 12.5. The zero-order chi connectivity index (χ0) is 29.7. The first-order chi connectivity index (χ1) is 22.3. The second kappa shape index (κ2) is 10.3. The quantitative estimate of drug-likeness (QED) is 0.204. The second-order valence-corrected chi connectivity index (χ2v) is 11.3. The van der Waals surface area contributed by atoms with E-state index in [1.165, 1.54) is 11.1 Å². The highest BCUT2D eigenvalue weighted by molar-refractivity contribution is 6.14. The lowest BCUT2D eigenvalue weighted by atomic mass is 9.99. The molecule has 9 aromatic rings. The van der Waals surface area contributed by atoms with Crippen molar-refractivity contribution in [1.29, 1.82) is 0 Å². The van der Waals surface area contributed by atoms with E-state index in [4.69, 9.17) is 8.83 Å². The number of anilines is 3. The number of rotatable bonds is 5. The minimum atomic E-state index is 0.870. The third kappa shape index (κ3) is 4.21. The number of hydrogen-bond acceptors (Lipinski definition) is 3. The van der Waals surface area contributed by atoms with Crippen LogP contribution in [0.25, 0.3) is 66.1 Å². The summed E-state index contributed by atoms with van der Waals surface area (Å²) in [6, 6.07) is 57.3. The average Bonchev–Trinajstić information content (AvgIpc) is 3.68. The summed E-state index contributed by atoms with van der Waals surface area (Å²) in [6.07, 6.45) is 0. The van der Waals surface area contributed by atoms with Gasteiger partial charge < -0.3 is 13.7 Å². The molecule has 0 unspecified atom stereocenters. The summed E-state index contributed by atoms with van der Waals surface area (Å²) in [6.45, 7) is 0. The molecule has 0 spiro atoms. The molecule has 0 aliphatic carbocycles. The van der Waals surface area contributed by atoms with Crippen LogP contribution in [0.4, 0.5) is 17.1 Å². The van der Waals surface area contributed by atoms with E-state index < -0.39 is 0 Å². The van der Waals surface area contributed by atoms with Gasteiger partial charge in [0.1, 0.15) is 22.3 Å². The number of furan rings is 2. The van der Waals surface area contributed by atoms with Gasteiger partial charge in [0.2, 0.25) is 0 Å². The topological polar surface area (TPSA) is 29.5 Å². The highest BCUT2D eigenvalue weighted by Crippen LogP contribution is 2.44. The van der Waals surface area contributed by atoms with Gasteiger partial charge in [0.05, 0.1) is 11.1 Å². The molecule has 9 rings (SSSR count). The van der Waals surface area contributed by atoms with Crippen LogP contribution in [-0.4, -0.2) is 0 Å². The molecule has 2 heterocycles. The highest BCUT2D eigenvalue weighted by atomic mass is 16.3. The van der Waals surface area contributed by atoms with Crippen LogP contribution < -0.4 is 4.90 Å². The molecule has 45 heavy (non-hydrogen) atoms. The molecular weight excluding hydrogens is 550 g/mol. The van der Waals surface area contributed by atoms with E-state index in [0.29, 0.717) is 0 Å². The largest absolute Gasteiger partial charge is 0.456 e. The Morgan fingerprint density at radius 1 is 0.333 bits per heavy atom. The fourth-order valence-electron chi connectivity index (χ4n) is 6.61. The molecule has 0 amide bonds. The van der Waals surface area contributed by atoms with Gasteiger partial charge in [0, 0.05) is 27.5 Å². The Labute approximate surface area is 260 Å². The molecule has 0 atom stereocenters. The molecule has 0 saturated carbocycles. The van der Waals surface area contributed by atoms with Crippen LogP contribution in [-0.2, 0) is 0 Å². The molecule has 7 aromatic carbocycles. The first kappa shape index (κ1) is 25.4. The summed E-state index contributed by atoms with van der Waals surface area (Å²) in [5, 5.41) is 4.47. The fraction of sp³-hybridized carbons (Fsp3) is 0. The molecule has 0 saturated heterocycles. The van der Waals surface area contributed by atoms with Gasteiger partial charge in [-0.2, -0.15) is 0 Å². The van der Waals surface area contributed by atoms with Crippen LogP contribution in [0.2, 0.25) is 0 Å². The van der Waals surface area contributed by atoms with E-state index in [2.05, 4.69) is 138 Å². The summed E-state index contributed by atoms with van der Waals surface area (Å²) in [5.41, 5.74) is 11.4. The van der Waals surface area contributed by atoms with Crippen molar-refractivity contribution in [1.82, 2.24) is 0 Å². The van der Waals surface area contributed by atoms with Crippen LogP contribution in [0.15, 0.2) is 173 Å². The SMILES string of the molecule is c1ccc(-c2ccc(N(c3ccc(-c4cccc5oc6ccccc6c45)cc3)c3cccc4oc5ccccc5c34)cc2)cc1. The van der Waals surface area contributed by atoms with Gasteiger partial charge in [-0.3, -0.25) is 0 Å². The van der Waals surface area contributed by atoms with Gasteiger partial charge in [0.15, 0.2) is 0 Å². The van der Waals surface area contributed by atoms with Crippen molar-refractivity contribution in [2.75, 3.05) is 4.90 Å². The first-order valence-corrected chi connectivity index (χ1v) is 15.2. The number of fused-ring (bicyclic) bond motifs is 6. The minimum Gasteiger partial charge on any atom is -0.456 e. The Morgan fingerprint density at radius 2 is 0.822 bits per heavy atom. The summed E-state index contributed by atoms with van der Waals surface area (Å²) in [7, 11) is 0. The van der Waals surface area contributed by atoms with Gasteiger partial charge in [-0.15, -0.1) is 0 Å². The van der Waals surface area contributed by atoms with Crippen molar-refractivity contribution in [3.63, 3.8) is 0 Å². The Bertz CT molecular complexity index is 2470. The molecule has 0 fully saturated rings. The Morgan fingerprint density at radius 3 is 1.49 bits per heavy atom. The van der Waals surface area contributed by atoms with Gasteiger partial charge >= 0.3 is 0 Å². The van der Waals surface area contributed by atoms with Gasteiger partial charge in [0.25, 0.3) is 0 Å². The van der Waals surface area contributed by atoms with E-state index >= 15 is 0 Å². The van der Waals surface area contributed by atoms with Crippen LogP contribution in [0.5, 0.6) is 0 Å². The third-order valence-corrected chi connectivity index (χ3v) is 8.69. The van der Waals surface area contributed by atoms with E-state index in [-0.39, 0.29) is 0 Å². The number of para-hydroxylation sites is 2. The van der Waals surface area contributed by atoms with Gasteiger partial charge in [-0.25, -0.2) is 0 Å². The fourth-order valence-corrected chi connectivity index (χ4v) is 6.61. The van der Waals surface area contributed by atoms with Gasteiger partial charge in [-0.1, -0.05) is 109 Å². The van der Waals surface area contributed by atoms with Crippen LogP contribution in [0.1, 0.15) is 0 Å². The average molecular weight is 578 g/mol. The van der Waals surface area contributed by atoms with Crippen LogP contribution >= 0.6 is 0 Å². The summed E-state index contributed by atoms with van der Waals surface area (Å²) in [4.78, 5) is 2.33. The molecule has 212 valence electrons. The molecule has 3 heteroatoms. The number of nitrogens with zero attached hydrogens (tertiary/aromatic N) is 1. The predicted molar refractivity (Wildman–Crippen MR) is 187 cm³/mol. The van der Waals surface area contributed by atoms with Crippen molar-refractivity contribution >= 4 is 60.9 Å². The van der Waals surface area contributed by atoms with Crippen molar-refractivity contribution in [3.8, 4) is 22.3 Å². The van der Waals surface area contributed by atoms with E-state index in [9.17, 15) is 0 Å². The molecule has 0 aliphatic heterocycles. The Kier molecular flexibility index (Phi) is 5.82. The summed E-state index contributed by atoms with van der Waals surface area (Å²) >= 11 is 0. The molecule has 0 radical (unpaired) electrons. The van der Waals surface area contributed by atoms with Crippen molar-refractivity contribution < 1.29 is 8.83 Å². The van der Waals surface area contributed by atoms with Crippen molar-refractivity contribution in [3.05, 3.63) is 164 Å². The zero-order valence-corrected chi connectivity index (χ0v) is 24.4. The van der Waals surface area contributed by atoms with E-state index in [1.807, 2.05) is 30.3 Å². The molecule has 3 nitrogen and oxygen atoms in total. The highest BCUT2D eigenvalue weighted by Gasteiger charge is 2.20. The maximum absolute atomic E-state index is 6.30. The first-order valence-electron chi connectivity index (χ1n) is 15.2. The maximum atomic E-state index is 6.30. The van der Waals surface area contributed by atoms with Crippen LogP contribution in [0.3, 0.4) is 0 Å². The summed E-state index contributed by atoms with van der Waals surface area (Å²) in [5.74, 6) is 0. The lowest BCUT2D eigenvalue weighted by Crippen LogP contribution is -2.10. The minimum absolute atomic E-state index is 0.870. The number of benzene rings is 7. The lowest BCUT2D eigenvalue weighted by molar-refractivity contribution is 0.668. The van der Waals surface area contributed by atoms with E-state index in [1.54, 1.807) is 0 Å². The second-order valence-electron chi connectivity index (χ2n) is 11.3. The smallest absolute Gasteiger partial charge is 0.137 e. The molecule has 0 N–H and O–H groups in total. The van der Waals surface area contributed by atoms with Gasteiger partial charge in [-0.05, 0) is 76.9 Å². The molecular formula is C42H27NO2. The lowest BCUT2D eigenvalue weighted by Gasteiger charge is -2.26. The predicted octanol–water partition coefficient (Wildman–Crippen LogP) is 12.3. The Balaban J connectivity index is 1.21. The van der Waals surface area contributed by atoms with Crippen molar-refractivity contribution in [2.24, 2.45) is 0 Å².